The summed E-state index contributed by atoms with van der Waals surface area (Å²) in [5.41, 5.74) is 7.53. The zero-order chi connectivity index (χ0) is 12.8. The SMILES string of the molecule is C=CCc1cc(O)ccc1C[C@H](N)C(=O)OC. The number of ether oxygens (including phenoxy) is 1. The smallest absolute Gasteiger partial charge is 0.322 e. The van der Waals surface area contributed by atoms with Gasteiger partial charge in [0.1, 0.15) is 11.8 Å². The van der Waals surface area contributed by atoms with E-state index in [1.807, 2.05) is 0 Å². The van der Waals surface area contributed by atoms with Gasteiger partial charge in [-0.15, -0.1) is 6.58 Å². The molecule has 1 atom stereocenters. The zero-order valence-electron chi connectivity index (χ0n) is 9.85. The van der Waals surface area contributed by atoms with E-state index in [0.29, 0.717) is 12.8 Å². The highest BCUT2D eigenvalue weighted by Crippen LogP contribution is 2.19. The molecule has 0 saturated heterocycles. The number of methoxy groups -OCH3 is 1. The number of rotatable bonds is 5. The van der Waals surface area contributed by atoms with Crippen molar-refractivity contribution in [1.29, 1.82) is 0 Å². The summed E-state index contributed by atoms with van der Waals surface area (Å²) in [5.74, 6) is -0.250. The fourth-order valence-corrected chi connectivity index (χ4v) is 1.63. The quantitative estimate of drug-likeness (QED) is 0.593. The van der Waals surface area contributed by atoms with Crippen LogP contribution >= 0.6 is 0 Å². The summed E-state index contributed by atoms with van der Waals surface area (Å²) in [6.45, 7) is 3.65. The summed E-state index contributed by atoms with van der Waals surface area (Å²) >= 11 is 0. The molecule has 4 heteroatoms. The van der Waals surface area contributed by atoms with Gasteiger partial charge in [-0.25, -0.2) is 0 Å². The summed E-state index contributed by atoms with van der Waals surface area (Å²) in [7, 11) is 1.31. The van der Waals surface area contributed by atoms with Gasteiger partial charge in [0.25, 0.3) is 0 Å². The van der Waals surface area contributed by atoms with Crippen molar-refractivity contribution in [3.63, 3.8) is 0 Å². The highest BCUT2D eigenvalue weighted by atomic mass is 16.5. The van der Waals surface area contributed by atoms with E-state index < -0.39 is 12.0 Å². The van der Waals surface area contributed by atoms with Crippen LogP contribution in [0.2, 0.25) is 0 Å². The standard InChI is InChI=1S/C13H17NO3/c1-3-4-9-7-11(15)6-5-10(9)8-12(14)13(16)17-2/h3,5-7,12,15H,1,4,8,14H2,2H3/t12-/m0/s1. The topological polar surface area (TPSA) is 72.5 Å². The second kappa shape index (κ2) is 6.06. The molecule has 0 aromatic heterocycles. The van der Waals surface area contributed by atoms with Gasteiger partial charge in [-0.2, -0.15) is 0 Å². The van der Waals surface area contributed by atoms with E-state index in [-0.39, 0.29) is 5.75 Å². The Bertz CT molecular complexity index is 415. The number of nitrogens with two attached hydrogens (primary N) is 1. The number of allylic oxidation sites excluding steroid dienone is 1. The third-order valence-corrected chi connectivity index (χ3v) is 2.50. The molecule has 4 nitrogen and oxygen atoms in total. The van der Waals surface area contributed by atoms with Gasteiger partial charge in [0, 0.05) is 0 Å². The number of phenols is 1. The Balaban J connectivity index is 2.89. The fraction of sp³-hybridized carbons (Fsp3) is 0.308. The number of aromatic hydroxyl groups is 1. The number of carbonyl (C=O) groups is 1. The predicted octanol–water partition coefficient (Wildman–Crippen LogP) is 1.16. The lowest BCUT2D eigenvalue weighted by Gasteiger charge is -2.12. The van der Waals surface area contributed by atoms with E-state index in [2.05, 4.69) is 11.3 Å². The maximum Gasteiger partial charge on any atom is 0.322 e. The molecule has 0 unspecified atom stereocenters. The number of hydrogen-bond acceptors (Lipinski definition) is 4. The van der Waals surface area contributed by atoms with Crippen LogP contribution < -0.4 is 5.73 Å². The summed E-state index contributed by atoms with van der Waals surface area (Å²) in [6, 6.07) is 4.30. The van der Waals surface area contributed by atoms with Gasteiger partial charge in [-0.05, 0) is 36.1 Å². The highest BCUT2D eigenvalue weighted by Gasteiger charge is 2.16. The average Bonchev–Trinajstić information content (AvgIpc) is 2.31. The van der Waals surface area contributed by atoms with Crippen molar-refractivity contribution in [2.24, 2.45) is 5.73 Å². The lowest BCUT2D eigenvalue weighted by atomic mass is 9.98. The minimum atomic E-state index is -0.687. The van der Waals surface area contributed by atoms with Crippen LogP contribution in [0.25, 0.3) is 0 Å². The molecule has 0 bridgehead atoms. The number of phenolic OH excluding ortho intramolecular Hbond substituents is 1. The molecular weight excluding hydrogens is 218 g/mol. The Kier molecular flexibility index (Phi) is 4.72. The molecule has 0 spiro atoms. The Morgan fingerprint density at radius 3 is 2.88 bits per heavy atom. The van der Waals surface area contributed by atoms with Crippen LogP contribution in [0.1, 0.15) is 11.1 Å². The monoisotopic (exact) mass is 235 g/mol. The molecule has 0 aliphatic carbocycles. The Morgan fingerprint density at radius 2 is 2.29 bits per heavy atom. The molecule has 0 aliphatic heterocycles. The normalized spacial score (nSPS) is 11.9. The van der Waals surface area contributed by atoms with Gasteiger partial charge in [0.15, 0.2) is 0 Å². The molecule has 1 rings (SSSR count). The summed E-state index contributed by atoms with van der Waals surface area (Å²) < 4.78 is 4.57. The molecule has 17 heavy (non-hydrogen) atoms. The van der Waals surface area contributed by atoms with E-state index in [1.165, 1.54) is 7.11 Å². The molecule has 0 fully saturated rings. The molecule has 92 valence electrons. The van der Waals surface area contributed by atoms with Crippen LogP contribution in [-0.4, -0.2) is 24.2 Å². The average molecular weight is 235 g/mol. The van der Waals surface area contributed by atoms with E-state index >= 15 is 0 Å². The van der Waals surface area contributed by atoms with Crippen LogP contribution in [0.4, 0.5) is 0 Å². The second-order valence-corrected chi connectivity index (χ2v) is 3.78. The predicted molar refractivity (Wildman–Crippen MR) is 65.7 cm³/mol. The molecule has 0 amide bonds. The van der Waals surface area contributed by atoms with Crippen LogP contribution in [0.15, 0.2) is 30.9 Å². The van der Waals surface area contributed by atoms with Gasteiger partial charge < -0.3 is 15.6 Å². The zero-order valence-corrected chi connectivity index (χ0v) is 9.85. The van der Waals surface area contributed by atoms with Crippen molar-refractivity contribution < 1.29 is 14.6 Å². The van der Waals surface area contributed by atoms with Crippen LogP contribution in [-0.2, 0) is 22.4 Å². The van der Waals surface area contributed by atoms with Gasteiger partial charge in [-0.3, -0.25) is 4.79 Å². The van der Waals surface area contributed by atoms with Crippen molar-refractivity contribution >= 4 is 5.97 Å². The number of carbonyl (C=O) groups excluding carboxylic acids is 1. The first-order valence-corrected chi connectivity index (χ1v) is 5.33. The van der Waals surface area contributed by atoms with Crippen LogP contribution in [0.5, 0.6) is 5.75 Å². The molecule has 0 radical (unpaired) electrons. The lowest BCUT2D eigenvalue weighted by molar-refractivity contribution is -0.142. The van der Waals surface area contributed by atoms with Crippen molar-refractivity contribution in [1.82, 2.24) is 0 Å². The van der Waals surface area contributed by atoms with Gasteiger partial charge in [-0.1, -0.05) is 12.1 Å². The van der Waals surface area contributed by atoms with Gasteiger partial charge in [0.2, 0.25) is 0 Å². The minimum Gasteiger partial charge on any atom is -0.508 e. The van der Waals surface area contributed by atoms with Crippen molar-refractivity contribution in [2.45, 2.75) is 18.9 Å². The second-order valence-electron chi connectivity index (χ2n) is 3.78. The fourth-order valence-electron chi connectivity index (χ4n) is 1.63. The summed E-state index contributed by atoms with van der Waals surface area (Å²) in [6.07, 6.45) is 2.75. The first-order chi connectivity index (χ1) is 8.08. The van der Waals surface area contributed by atoms with Crippen LogP contribution in [0.3, 0.4) is 0 Å². The summed E-state index contributed by atoms with van der Waals surface area (Å²) in [5, 5.41) is 9.40. The maximum absolute atomic E-state index is 11.2. The third-order valence-electron chi connectivity index (χ3n) is 2.50. The largest absolute Gasteiger partial charge is 0.508 e. The van der Waals surface area contributed by atoms with E-state index in [1.54, 1.807) is 24.3 Å². The third kappa shape index (κ3) is 3.60. The minimum absolute atomic E-state index is 0.192. The molecule has 3 N–H and O–H groups in total. The lowest BCUT2D eigenvalue weighted by Crippen LogP contribution is -2.33. The Morgan fingerprint density at radius 1 is 1.59 bits per heavy atom. The first kappa shape index (κ1) is 13.3. The molecule has 0 heterocycles. The van der Waals surface area contributed by atoms with E-state index in [9.17, 15) is 9.90 Å². The van der Waals surface area contributed by atoms with Crippen molar-refractivity contribution in [3.05, 3.63) is 42.0 Å². The molecule has 0 aliphatic rings. The first-order valence-electron chi connectivity index (χ1n) is 5.33. The van der Waals surface area contributed by atoms with E-state index in [4.69, 9.17) is 5.73 Å². The van der Waals surface area contributed by atoms with Crippen molar-refractivity contribution in [3.8, 4) is 5.75 Å². The molecular formula is C13H17NO3. The van der Waals surface area contributed by atoms with Crippen LogP contribution in [0, 0.1) is 0 Å². The van der Waals surface area contributed by atoms with Crippen molar-refractivity contribution in [2.75, 3.05) is 7.11 Å². The van der Waals surface area contributed by atoms with E-state index in [0.717, 1.165) is 11.1 Å². The van der Waals surface area contributed by atoms with Gasteiger partial charge >= 0.3 is 5.97 Å². The highest BCUT2D eigenvalue weighted by molar-refractivity contribution is 5.75. The number of hydrogen-bond donors (Lipinski definition) is 2. The summed E-state index contributed by atoms with van der Waals surface area (Å²) in [4.78, 5) is 11.2. The molecule has 1 aromatic rings. The number of esters is 1. The Labute approximate surface area is 101 Å². The van der Waals surface area contributed by atoms with Gasteiger partial charge in [0.05, 0.1) is 7.11 Å². The molecule has 0 saturated carbocycles. The Hall–Kier alpha value is -1.81. The number of benzene rings is 1. The molecule has 1 aromatic carbocycles. The maximum atomic E-state index is 11.2.